The topological polar surface area (TPSA) is 61.6 Å². The molecule has 0 N–H and O–H groups in total. The van der Waals surface area contributed by atoms with Crippen molar-refractivity contribution < 1.29 is 18.8 Å². The predicted octanol–water partition coefficient (Wildman–Crippen LogP) is 7.14. The molecule has 0 amide bonds. The second kappa shape index (κ2) is 11.0. The average Bonchev–Trinajstić information content (AvgIpc) is 3.17. The number of carbonyl (C=O) groups excluding carboxylic acids is 1. The van der Waals surface area contributed by atoms with E-state index in [2.05, 4.69) is 19.0 Å². The fourth-order valence-electron chi connectivity index (χ4n) is 3.26. The SMILES string of the molecule is CCCCOc1cc(OCCCC)c(-c2onc(C)c2-c2cccc(C=O)c2)cc1Cl. The third-order valence-corrected chi connectivity index (χ3v) is 5.26. The van der Waals surface area contributed by atoms with Gasteiger partial charge >= 0.3 is 0 Å². The zero-order valence-electron chi connectivity index (χ0n) is 18.2. The summed E-state index contributed by atoms with van der Waals surface area (Å²) < 4.78 is 17.7. The normalized spacial score (nSPS) is 10.8. The highest BCUT2D eigenvalue weighted by molar-refractivity contribution is 6.32. The van der Waals surface area contributed by atoms with Crippen molar-refractivity contribution in [1.29, 1.82) is 0 Å². The summed E-state index contributed by atoms with van der Waals surface area (Å²) in [6.45, 7) is 7.26. The van der Waals surface area contributed by atoms with E-state index in [1.807, 2.05) is 31.2 Å². The number of halogens is 1. The molecule has 0 radical (unpaired) electrons. The van der Waals surface area contributed by atoms with E-state index in [1.54, 1.807) is 12.1 Å². The Balaban J connectivity index is 2.08. The zero-order valence-corrected chi connectivity index (χ0v) is 19.0. The number of aldehydes is 1. The van der Waals surface area contributed by atoms with Crippen LogP contribution in [0.1, 0.15) is 55.6 Å². The van der Waals surface area contributed by atoms with Crippen LogP contribution in [0.15, 0.2) is 40.9 Å². The molecule has 6 heteroatoms. The minimum Gasteiger partial charge on any atom is -0.493 e. The van der Waals surface area contributed by atoms with Gasteiger partial charge in [-0.05, 0) is 37.5 Å². The van der Waals surface area contributed by atoms with Gasteiger partial charge in [0.25, 0.3) is 0 Å². The van der Waals surface area contributed by atoms with Gasteiger partial charge in [0.15, 0.2) is 5.76 Å². The van der Waals surface area contributed by atoms with Crippen LogP contribution in [-0.2, 0) is 0 Å². The minimum atomic E-state index is 0.482. The van der Waals surface area contributed by atoms with E-state index in [1.165, 1.54) is 0 Å². The Labute approximate surface area is 188 Å². The highest BCUT2D eigenvalue weighted by Crippen LogP contribution is 2.43. The summed E-state index contributed by atoms with van der Waals surface area (Å²) in [5.74, 6) is 1.77. The van der Waals surface area contributed by atoms with Crippen molar-refractivity contribution in [2.24, 2.45) is 0 Å². The van der Waals surface area contributed by atoms with Gasteiger partial charge in [-0.1, -0.05) is 61.6 Å². The van der Waals surface area contributed by atoms with Crippen molar-refractivity contribution in [1.82, 2.24) is 5.16 Å². The first-order valence-electron chi connectivity index (χ1n) is 10.7. The molecule has 3 aromatic rings. The number of rotatable bonds is 11. The van der Waals surface area contributed by atoms with Crippen molar-refractivity contribution in [3.05, 3.63) is 52.7 Å². The quantitative estimate of drug-likeness (QED) is 0.233. The smallest absolute Gasteiger partial charge is 0.178 e. The first-order valence-corrected chi connectivity index (χ1v) is 11.1. The third kappa shape index (κ3) is 5.47. The van der Waals surface area contributed by atoms with Gasteiger partial charge in [-0.2, -0.15) is 0 Å². The molecule has 31 heavy (non-hydrogen) atoms. The fraction of sp³-hybridized carbons (Fsp3) is 0.360. The van der Waals surface area contributed by atoms with Gasteiger partial charge in [-0.15, -0.1) is 0 Å². The van der Waals surface area contributed by atoms with Crippen molar-refractivity contribution in [3.63, 3.8) is 0 Å². The van der Waals surface area contributed by atoms with Gasteiger partial charge in [0.1, 0.15) is 17.8 Å². The number of nitrogens with zero attached hydrogens (tertiary/aromatic N) is 1. The highest BCUT2D eigenvalue weighted by atomic mass is 35.5. The number of carbonyl (C=O) groups is 1. The van der Waals surface area contributed by atoms with Crippen LogP contribution < -0.4 is 9.47 Å². The van der Waals surface area contributed by atoms with Crippen molar-refractivity contribution in [2.45, 2.75) is 46.5 Å². The van der Waals surface area contributed by atoms with Gasteiger partial charge in [0, 0.05) is 11.6 Å². The number of ether oxygens (including phenoxy) is 2. The Morgan fingerprint density at radius 1 is 1.03 bits per heavy atom. The molecule has 3 rings (SSSR count). The summed E-state index contributed by atoms with van der Waals surface area (Å²) in [7, 11) is 0. The van der Waals surface area contributed by atoms with E-state index in [0.29, 0.717) is 46.6 Å². The largest absolute Gasteiger partial charge is 0.493 e. The predicted molar refractivity (Wildman–Crippen MR) is 123 cm³/mol. The summed E-state index contributed by atoms with van der Waals surface area (Å²) in [5.41, 5.74) is 3.66. The van der Waals surface area contributed by atoms with E-state index >= 15 is 0 Å². The summed E-state index contributed by atoms with van der Waals surface area (Å²) in [6.07, 6.45) is 4.76. The first kappa shape index (κ1) is 22.9. The maximum atomic E-state index is 11.3. The molecule has 0 aliphatic carbocycles. The van der Waals surface area contributed by atoms with Crippen LogP contribution in [0, 0.1) is 6.92 Å². The molecule has 0 fully saturated rings. The molecule has 0 aliphatic heterocycles. The van der Waals surface area contributed by atoms with E-state index in [-0.39, 0.29) is 0 Å². The summed E-state index contributed by atoms with van der Waals surface area (Å²) in [5, 5.41) is 4.66. The van der Waals surface area contributed by atoms with Crippen LogP contribution in [-0.4, -0.2) is 24.7 Å². The molecule has 1 aromatic heterocycles. The lowest BCUT2D eigenvalue weighted by atomic mass is 9.98. The molecule has 1 heterocycles. The van der Waals surface area contributed by atoms with E-state index < -0.39 is 0 Å². The highest BCUT2D eigenvalue weighted by Gasteiger charge is 2.22. The van der Waals surface area contributed by atoms with Crippen LogP contribution in [0.5, 0.6) is 11.5 Å². The monoisotopic (exact) mass is 441 g/mol. The lowest BCUT2D eigenvalue weighted by Gasteiger charge is -2.15. The van der Waals surface area contributed by atoms with Crippen LogP contribution in [0.4, 0.5) is 0 Å². The Hall–Kier alpha value is -2.79. The minimum absolute atomic E-state index is 0.482. The molecule has 0 bridgehead atoms. The maximum absolute atomic E-state index is 11.3. The molecule has 0 spiro atoms. The number of hydrogen-bond acceptors (Lipinski definition) is 5. The lowest BCUT2D eigenvalue weighted by Crippen LogP contribution is -2.01. The van der Waals surface area contributed by atoms with Gasteiger partial charge in [-0.3, -0.25) is 4.79 Å². The molecule has 2 aromatic carbocycles. The van der Waals surface area contributed by atoms with Crippen molar-refractivity contribution in [2.75, 3.05) is 13.2 Å². The Bertz CT molecular complexity index is 1030. The summed E-state index contributed by atoms with van der Waals surface area (Å²) in [4.78, 5) is 11.3. The Morgan fingerprint density at radius 3 is 2.42 bits per heavy atom. The average molecular weight is 442 g/mol. The van der Waals surface area contributed by atoms with Crippen LogP contribution in [0.25, 0.3) is 22.5 Å². The first-order chi connectivity index (χ1) is 15.1. The second-order valence-electron chi connectivity index (χ2n) is 7.40. The molecule has 0 saturated carbocycles. The van der Waals surface area contributed by atoms with Gasteiger partial charge in [-0.25, -0.2) is 0 Å². The number of benzene rings is 2. The summed E-state index contributed by atoms with van der Waals surface area (Å²) >= 11 is 6.56. The van der Waals surface area contributed by atoms with E-state index in [4.69, 9.17) is 25.6 Å². The standard InChI is InChI=1S/C25H28ClNO4/c1-4-6-11-29-22-15-23(30-12-7-5-2)21(26)14-20(22)25-24(17(3)27-31-25)19-10-8-9-18(13-19)16-28/h8-10,13-16H,4-7,11-12H2,1-3H3. The molecule has 0 atom stereocenters. The van der Waals surface area contributed by atoms with Gasteiger partial charge in [0.05, 0.1) is 35.1 Å². The van der Waals surface area contributed by atoms with Crippen molar-refractivity contribution >= 4 is 17.9 Å². The molecular formula is C25H28ClNO4. The molecule has 0 unspecified atom stereocenters. The fourth-order valence-corrected chi connectivity index (χ4v) is 3.47. The molecule has 164 valence electrons. The van der Waals surface area contributed by atoms with Crippen LogP contribution >= 0.6 is 11.6 Å². The summed E-state index contributed by atoms with van der Waals surface area (Å²) in [6, 6.07) is 11.0. The van der Waals surface area contributed by atoms with Crippen molar-refractivity contribution in [3.8, 4) is 33.9 Å². The maximum Gasteiger partial charge on any atom is 0.178 e. The Morgan fingerprint density at radius 2 is 1.74 bits per heavy atom. The van der Waals surface area contributed by atoms with Gasteiger partial charge in [0.2, 0.25) is 0 Å². The van der Waals surface area contributed by atoms with E-state index in [9.17, 15) is 4.79 Å². The third-order valence-electron chi connectivity index (χ3n) is 4.96. The van der Waals surface area contributed by atoms with Crippen LogP contribution in [0.3, 0.4) is 0 Å². The van der Waals surface area contributed by atoms with E-state index in [0.717, 1.165) is 48.8 Å². The zero-order chi connectivity index (χ0) is 22.2. The van der Waals surface area contributed by atoms with Crippen LogP contribution in [0.2, 0.25) is 5.02 Å². The number of hydrogen-bond donors (Lipinski definition) is 0. The number of unbranched alkanes of at least 4 members (excludes halogenated alkanes) is 2. The number of aromatic nitrogens is 1. The number of aryl methyl sites for hydroxylation is 1. The molecular weight excluding hydrogens is 414 g/mol. The molecule has 0 saturated heterocycles. The molecule has 5 nitrogen and oxygen atoms in total. The lowest BCUT2D eigenvalue weighted by molar-refractivity contribution is 0.112. The second-order valence-corrected chi connectivity index (χ2v) is 7.81. The molecule has 0 aliphatic rings. The Kier molecular flexibility index (Phi) is 8.13. The van der Waals surface area contributed by atoms with Gasteiger partial charge < -0.3 is 14.0 Å².